The van der Waals surface area contributed by atoms with Crippen molar-refractivity contribution in [1.82, 2.24) is 15.1 Å². The third-order valence-corrected chi connectivity index (χ3v) is 3.97. The second kappa shape index (κ2) is 7.46. The zero-order valence-electron chi connectivity index (χ0n) is 13.4. The van der Waals surface area contributed by atoms with Gasteiger partial charge in [-0.05, 0) is 30.3 Å². The normalized spacial score (nSPS) is 15.0. The molecule has 6 nitrogen and oxygen atoms in total. The molecule has 0 bridgehead atoms. The summed E-state index contributed by atoms with van der Waals surface area (Å²) in [6.07, 6.45) is -4.58. The highest BCUT2D eigenvalue weighted by molar-refractivity contribution is 6.30. The molecule has 26 heavy (non-hydrogen) atoms. The fourth-order valence-corrected chi connectivity index (χ4v) is 2.61. The summed E-state index contributed by atoms with van der Waals surface area (Å²) in [5, 5.41) is 10.1. The maximum atomic E-state index is 13.1. The van der Waals surface area contributed by atoms with Crippen molar-refractivity contribution < 1.29 is 22.7 Å². The number of benzene rings is 1. The Bertz CT molecular complexity index is 793. The van der Waals surface area contributed by atoms with E-state index < -0.39 is 11.7 Å². The average Bonchev–Trinajstić information content (AvgIpc) is 2.63. The Morgan fingerprint density at radius 3 is 2.50 bits per heavy atom. The molecular weight excluding hydrogens is 373 g/mol. The first-order valence-electron chi connectivity index (χ1n) is 7.69. The van der Waals surface area contributed by atoms with E-state index >= 15 is 0 Å². The van der Waals surface area contributed by atoms with Gasteiger partial charge in [-0.1, -0.05) is 11.6 Å². The van der Waals surface area contributed by atoms with Gasteiger partial charge in [0.15, 0.2) is 11.5 Å². The van der Waals surface area contributed by atoms with E-state index in [1.54, 1.807) is 4.90 Å². The summed E-state index contributed by atoms with van der Waals surface area (Å²) in [4.78, 5) is 13.9. The van der Waals surface area contributed by atoms with Crippen LogP contribution in [0.25, 0.3) is 0 Å². The summed E-state index contributed by atoms with van der Waals surface area (Å²) in [6.45, 7) is 1.83. The highest BCUT2D eigenvalue weighted by atomic mass is 35.5. The van der Waals surface area contributed by atoms with Gasteiger partial charge in [-0.15, -0.1) is 10.2 Å². The number of alkyl halides is 3. The van der Waals surface area contributed by atoms with Crippen LogP contribution in [0.2, 0.25) is 5.02 Å². The first kappa shape index (κ1) is 18.4. The maximum Gasteiger partial charge on any atom is 0.418 e. The molecule has 3 rings (SSSR count). The van der Waals surface area contributed by atoms with Crippen molar-refractivity contribution in [2.45, 2.75) is 6.18 Å². The molecule has 138 valence electrons. The molecule has 1 aliphatic rings. The second-order valence-electron chi connectivity index (χ2n) is 5.52. The highest BCUT2D eigenvalue weighted by Gasteiger charge is 2.34. The van der Waals surface area contributed by atoms with Gasteiger partial charge in [0, 0.05) is 18.1 Å². The molecule has 0 atom stereocenters. The number of rotatable bonds is 3. The number of carbonyl (C=O) groups is 1. The largest absolute Gasteiger partial charge is 0.418 e. The number of halogens is 4. The van der Waals surface area contributed by atoms with Gasteiger partial charge in [-0.25, -0.2) is 0 Å². The van der Waals surface area contributed by atoms with Crippen LogP contribution in [-0.4, -0.2) is 47.3 Å². The van der Waals surface area contributed by atoms with Crippen molar-refractivity contribution in [3.8, 4) is 0 Å². The van der Waals surface area contributed by atoms with E-state index in [9.17, 15) is 18.0 Å². The molecule has 0 saturated carbocycles. The van der Waals surface area contributed by atoms with E-state index in [2.05, 4.69) is 15.5 Å². The molecule has 10 heteroatoms. The van der Waals surface area contributed by atoms with Crippen LogP contribution >= 0.6 is 11.6 Å². The van der Waals surface area contributed by atoms with Gasteiger partial charge >= 0.3 is 6.18 Å². The van der Waals surface area contributed by atoms with Gasteiger partial charge in [-0.3, -0.25) is 4.79 Å². The van der Waals surface area contributed by atoms with Gasteiger partial charge in [0.2, 0.25) is 0 Å². The summed E-state index contributed by atoms with van der Waals surface area (Å²) >= 11 is 5.65. The lowest BCUT2D eigenvalue weighted by molar-refractivity contribution is -0.136. The van der Waals surface area contributed by atoms with Gasteiger partial charge in [0.25, 0.3) is 5.91 Å². The van der Waals surface area contributed by atoms with E-state index in [1.165, 1.54) is 24.3 Å². The minimum atomic E-state index is -4.58. The van der Waals surface area contributed by atoms with Gasteiger partial charge in [0.1, 0.15) is 0 Å². The summed E-state index contributed by atoms with van der Waals surface area (Å²) in [6, 6.07) is 6.18. The molecule has 1 aliphatic heterocycles. The number of amides is 1. The molecule has 1 fully saturated rings. The number of carbonyl (C=O) groups excluding carboxylic acids is 1. The molecule has 1 N–H and O–H groups in total. The van der Waals surface area contributed by atoms with E-state index in [4.69, 9.17) is 16.3 Å². The zero-order chi connectivity index (χ0) is 18.7. The molecule has 1 saturated heterocycles. The third-order valence-electron chi connectivity index (χ3n) is 3.73. The number of hydrogen-bond donors (Lipinski definition) is 1. The van der Waals surface area contributed by atoms with Crippen LogP contribution in [-0.2, 0) is 10.9 Å². The molecule has 1 aromatic heterocycles. The first-order chi connectivity index (χ1) is 12.3. The van der Waals surface area contributed by atoms with Crippen LogP contribution in [0.5, 0.6) is 0 Å². The number of aromatic nitrogens is 2. The van der Waals surface area contributed by atoms with Crippen LogP contribution in [0, 0.1) is 0 Å². The molecule has 2 heterocycles. The lowest BCUT2D eigenvalue weighted by Crippen LogP contribution is -2.41. The lowest BCUT2D eigenvalue weighted by atomic mass is 10.1. The van der Waals surface area contributed by atoms with E-state index in [0.29, 0.717) is 26.3 Å². The number of morpholine rings is 1. The SMILES string of the molecule is O=C(c1ccc(Nc2ccc(Cl)cc2C(F)(F)F)nn1)N1CCOCC1. The van der Waals surface area contributed by atoms with E-state index in [1.807, 2.05) is 0 Å². The van der Waals surface area contributed by atoms with Gasteiger partial charge < -0.3 is 15.0 Å². The lowest BCUT2D eigenvalue weighted by Gasteiger charge is -2.26. The number of hydrogen-bond acceptors (Lipinski definition) is 5. The Morgan fingerprint density at radius 2 is 1.88 bits per heavy atom. The maximum absolute atomic E-state index is 13.1. The number of nitrogens with one attached hydrogen (secondary N) is 1. The molecule has 0 spiro atoms. The quantitative estimate of drug-likeness (QED) is 0.876. The van der Waals surface area contributed by atoms with E-state index in [0.717, 1.165) is 6.07 Å². The van der Waals surface area contributed by atoms with Crippen molar-refractivity contribution in [3.05, 3.63) is 46.6 Å². The summed E-state index contributed by atoms with van der Waals surface area (Å²) in [5.41, 5.74) is -1.01. The fourth-order valence-electron chi connectivity index (χ4n) is 2.44. The number of nitrogens with zero attached hydrogens (tertiary/aromatic N) is 3. The Kier molecular flexibility index (Phi) is 5.28. The fraction of sp³-hybridized carbons (Fsp3) is 0.312. The number of ether oxygens (including phenoxy) is 1. The standard InChI is InChI=1S/C16H14ClF3N4O2/c17-10-1-2-12(11(9-10)16(18,19)20)21-14-4-3-13(22-23-14)15(25)24-5-7-26-8-6-24/h1-4,9H,5-8H2,(H,21,23). The van der Waals surface area contributed by atoms with Crippen molar-refractivity contribution >= 4 is 29.0 Å². The minimum Gasteiger partial charge on any atom is -0.378 e. The van der Waals surface area contributed by atoms with Crippen molar-refractivity contribution in [2.24, 2.45) is 0 Å². The molecule has 0 aliphatic carbocycles. The first-order valence-corrected chi connectivity index (χ1v) is 8.07. The van der Waals surface area contributed by atoms with Crippen molar-refractivity contribution in [3.63, 3.8) is 0 Å². The zero-order valence-corrected chi connectivity index (χ0v) is 14.1. The van der Waals surface area contributed by atoms with Crippen molar-refractivity contribution in [1.29, 1.82) is 0 Å². The Morgan fingerprint density at radius 1 is 1.15 bits per heavy atom. The van der Waals surface area contributed by atoms with Gasteiger partial charge in [0.05, 0.1) is 24.5 Å². The predicted molar refractivity (Wildman–Crippen MR) is 88.5 cm³/mol. The molecular formula is C16H14ClF3N4O2. The Hall–Kier alpha value is -2.39. The van der Waals surface area contributed by atoms with Gasteiger partial charge in [-0.2, -0.15) is 13.2 Å². The topological polar surface area (TPSA) is 67.4 Å². The molecule has 0 unspecified atom stereocenters. The highest BCUT2D eigenvalue weighted by Crippen LogP contribution is 2.37. The predicted octanol–water partition coefficient (Wildman–Crippen LogP) is 3.36. The monoisotopic (exact) mass is 386 g/mol. The van der Waals surface area contributed by atoms with E-state index in [-0.39, 0.29) is 28.1 Å². The summed E-state index contributed by atoms with van der Waals surface area (Å²) in [5.74, 6) is -0.217. The summed E-state index contributed by atoms with van der Waals surface area (Å²) < 4.78 is 44.5. The van der Waals surface area contributed by atoms with Crippen molar-refractivity contribution in [2.75, 3.05) is 31.6 Å². The van der Waals surface area contributed by atoms with Crippen LogP contribution in [0.15, 0.2) is 30.3 Å². The molecule has 1 aromatic carbocycles. The van der Waals surface area contributed by atoms with Crippen LogP contribution in [0.3, 0.4) is 0 Å². The number of anilines is 2. The smallest absolute Gasteiger partial charge is 0.378 e. The second-order valence-corrected chi connectivity index (χ2v) is 5.96. The molecule has 1 amide bonds. The van der Waals surface area contributed by atoms with Crippen LogP contribution in [0.1, 0.15) is 16.1 Å². The summed E-state index contributed by atoms with van der Waals surface area (Å²) in [7, 11) is 0. The Labute approximate surface area is 151 Å². The minimum absolute atomic E-state index is 0.0274. The van der Waals surface area contributed by atoms with Crippen LogP contribution in [0.4, 0.5) is 24.7 Å². The molecule has 2 aromatic rings. The Balaban J connectivity index is 1.77. The average molecular weight is 387 g/mol. The molecule has 0 radical (unpaired) electrons. The third kappa shape index (κ3) is 4.23. The van der Waals surface area contributed by atoms with Crippen LogP contribution < -0.4 is 5.32 Å².